The van der Waals surface area contributed by atoms with E-state index in [1.807, 2.05) is 12.1 Å². The Balaban J connectivity index is 1.62. The Morgan fingerprint density at radius 2 is 2.00 bits per heavy atom. The number of aromatic nitrogens is 3. The van der Waals surface area contributed by atoms with Crippen molar-refractivity contribution in [1.29, 1.82) is 0 Å². The Morgan fingerprint density at radius 1 is 1.24 bits per heavy atom. The van der Waals surface area contributed by atoms with Crippen LogP contribution in [0.3, 0.4) is 0 Å². The quantitative estimate of drug-likeness (QED) is 0.918. The van der Waals surface area contributed by atoms with Gasteiger partial charge in [0.15, 0.2) is 5.82 Å². The molecule has 0 radical (unpaired) electrons. The molecule has 3 heterocycles. The van der Waals surface area contributed by atoms with Gasteiger partial charge in [-0.1, -0.05) is 0 Å². The minimum absolute atomic E-state index is 0.0561. The molecule has 25 heavy (non-hydrogen) atoms. The van der Waals surface area contributed by atoms with Gasteiger partial charge in [0.1, 0.15) is 0 Å². The summed E-state index contributed by atoms with van der Waals surface area (Å²) in [6.07, 6.45) is 6.76. The monoisotopic (exact) mass is 342 g/mol. The zero-order chi connectivity index (χ0) is 17.8. The molecule has 0 bridgehead atoms. The summed E-state index contributed by atoms with van der Waals surface area (Å²) in [5, 5.41) is 7.22. The van der Waals surface area contributed by atoms with Crippen LogP contribution >= 0.6 is 0 Å². The van der Waals surface area contributed by atoms with Crippen LogP contribution in [-0.2, 0) is 4.79 Å². The highest BCUT2D eigenvalue weighted by atomic mass is 16.2. The van der Waals surface area contributed by atoms with Crippen LogP contribution in [0.2, 0.25) is 0 Å². The van der Waals surface area contributed by atoms with Crippen molar-refractivity contribution < 1.29 is 9.59 Å². The first kappa shape index (κ1) is 16.9. The van der Waals surface area contributed by atoms with Crippen LogP contribution in [-0.4, -0.2) is 63.7 Å². The van der Waals surface area contributed by atoms with E-state index >= 15 is 0 Å². The Kier molecular flexibility index (Phi) is 4.97. The maximum atomic E-state index is 12.5. The van der Waals surface area contributed by atoms with E-state index < -0.39 is 0 Å². The zero-order valence-corrected chi connectivity index (χ0v) is 14.4. The van der Waals surface area contributed by atoms with E-state index in [0.29, 0.717) is 18.9 Å². The summed E-state index contributed by atoms with van der Waals surface area (Å²) < 4.78 is 1.68. The number of rotatable bonds is 3. The zero-order valence-electron chi connectivity index (χ0n) is 14.4. The average molecular weight is 342 g/mol. The summed E-state index contributed by atoms with van der Waals surface area (Å²) in [5.74, 6) is 0.179. The van der Waals surface area contributed by atoms with Crippen LogP contribution in [0.5, 0.6) is 0 Å². The van der Waals surface area contributed by atoms with Gasteiger partial charge in [-0.3, -0.25) is 9.78 Å². The third-order valence-corrected chi connectivity index (χ3v) is 4.21. The maximum absolute atomic E-state index is 12.5. The fourth-order valence-corrected chi connectivity index (χ4v) is 2.91. The Bertz CT molecular complexity index is 743. The molecule has 3 rings (SSSR count). The second-order valence-electron chi connectivity index (χ2n) is 6.30. The molecule has 2 aromatic heterocycles. The van der Waals surface area contributed by atoms with Gasteiger partial charge >= 0.3 is 6.03 Å². The molecule has 0 aliphatic carbocycles. The smallest absolute Gasteiger partial charge is 0.319 e. The molecule has 8 heteroatoms. The van der Waals surface area contributed by atoms with Crippen LogP contribution in [0.15, 0.2) is 36.8 Å². The molecule has 132 valence electrons. The van der Waals surface area contributed by atoms with Crippen LogP contribution in [0.4, 0.5) is 10.6 Å². The average Bonchev–Trinajstić information content (AvgIpc) is 3.10. The van der Waals surface area contributed by atoms with Crippen molar-refractivity contribution in [1.82, 2.24) is 24.6 Å². The fraction of sp³-hybridized carbons (Fsp3) is 0.412. The molecule has 8 nitrogen and oxygen atoms in total. The van der Waals surface area contributed by atoms with Gasteiger partial charge in [-0.25, -0.2) is 9.48 Å². The highest BCUT2D eigenvalue weighted by molar-refractivity contribution is 5.92. The topological polar surface area (TPSA) is 83.4 Å². The van der Waals surface area contributed by atoms with Gasteiger partial charge in [0.25, 0.3) is 0 Å². The summed E-state index contributed by atoms with van der Waals surface area (Å²) in [6.45, 7) is 1.13. The highest BCUT2D eigenvalue weighted by Gasteiger charge is 2.29. The van der Waals surface area contributed by atoms with Crippen molar-refractivity contribution >= 4 is 17.8 Å². The lowest BCUT2D eigenvalue weighted by atomic mass is 9.97. The molecule has 1 aliphatic rings. The second kappa shape index (κ2) is 7.33. The van der Waals surface area contributed by atoms with E-state index in [0.717, 1.165) is 18.5 Å². The molecule has 2 aromatic rings. The van der Waals surface area contributed by atoms with Crippen LogP contribution < -0.4 is 5.32 Å². The summed E-state index contributed by atoms with van der Waals surface area (Å²) in [7, 11) is 3.44. The van der Waals surface area contributed by atoms with E-state index in [9.17, 15) is 9.59 Å². The number of piperidine rings is 1. The Labute approximate surface area is 146 Å². The molecule has 0 aromatic carbocycles. The van der Waals surface area contributed by atoms with E-state index in [1.54, 1.807) is 48.3 Å². The molecule has 1 saturated heterocycles. The fourth-order valence-electron chi connectivity index (χ4n) is 2.91. The number of anilines is 1. The third kappa shape index (κ3) is 3.96. The Morgan fingerprint density at radius 3 is 2.72 bits per heavy atom. The SMILES string of the molecule is CN(C)C(=O)N1CCC[C@@H](C(=O)Nc2ccn(-c3ccncc3)n2)C1. The van der Waals surface area contributed by atoms with Gasteiger partial charge in [0.05, 0.1) is 11.6 Å². The summed E-state index contributed by atoms with van der Waals surface area (Å²) >= 11 is 0. The standard InChI is InChI=1S/C17H22N6O2/c1-21(2)17(25)22-10-3-4-13(12-22)16(24)19-15-7-11-23(20-15)14-5-8-18-9-6-14/h5-9,11,13H,3-4,10,12H2,1-2H3,(H,19,20,24)/t13-/m1/s1. The van der Waals surface area contributed by atoms with Crippen molar-refractivity contribution in [3.8, 4) is 5.69 Å². The second-order valence-corrected chi connectivity index (χ2v) is 6.30. The van der Waals surface area contributed by atoms with Crippen molar-refractivity contribution in [3.63, 3.8) is 0 Å². The first-order valence-electron chi connectivity index (χ1n) is 8.28. The van der Waals surface area contributed by atoms with E-state index in [-0.39, 0.29) is 17.9 Å². The first-order chi connectivity index (χ1) is 12.0. The molecule has 0 saturated carbocycles. The van der Waals surface area contributed by atoms with Crippen LogP contribution in [0.25, 0.3) is 5.69 Å². The van der Waals surface area contributed by atoms with Crippen molar-refractivity contribution in [3.05, 3.63) is 36.8 Å². The molecule has 1 fully saturated rings. The van der Waals surface area contributed by atoms with Crippen LogP contribution in [0, 0.1) is 5.92 Å². The number of urea groups is 1. The molecular weight excluding hydrogens is 320 g/mol. The van der Waals surface area contributed by atoms with Gasteiger partial charge in [-0.05, 0) is 25.0 Å². The van der Waals surface area contributed by atoms with Gasteiger partial charge < -0.3 is 15.1 Å². The van der Waals surface area contributed by atoms with Crippen molar-refractivity contribution in [2.24, 2.45) is 5.92 Å². The molecule has 3 amide bonds. The number of hydrogen-bond donors (Lipinski definition) is 1. The van der Waals surface area contributed by atoms with E-state index in [1.165, 1.54) is 4.90 Å². The highest BCUT2D eigenvalue weighted by Crippen LogP contribution is 2.19. The van der Waals surface area contributed by atoms with Crippen molar-refractivity contribution in [2.75, 3.05) is 32.5 Å². The number of nitrogens with zero attached hydrogens (tertiary/aromatic N) is 5. The lowest BCUT2D eigenvalue weighted by molar-refractivity contribution is -0.121. The first-order valence-corrected chi connectivity index (χ1v) is 8.28. The van der Waals surface area contributed by atoms with Gasteiger partial charge in [0, 0.05) is 51.8 Å². The summed E-state index contributed by atoms with van der Waals surface area (Å²) in [6, 6.07) is 5.37. The van der Waals surface area contributed by atoms with Gasteiger partial charge in [-0.2, -0.15) is 5.10 Å². The van der Waals surface area contributed by atoms with E-state index in [4.69, 9.17) is 0 Å². The number of amides is 3. The predicted molar refractivity (Wildman–Crippen MR) is 93.4 cm³/mol. The lowest BCUT2D eigenvalue weighted by Crippen LogP contribution is -2.47. The molecule has 0 unspecified atom stereocenters. The maximum Gasteiger partial charge on any atom is 0.319 e. The summed E-state index contributed by atoms with van der Waals surface area (Å²) in [4.78, 5) is 31.9. The molecule has 0 spiro atoms. The molecule has 1 aliphatic heterocycles. The number of nitrogens with one attached hydrogen (secondary N) is 1. The Hall–Kier alpha value is -2.90. The van der Waals surface area contributed by atoms with Gasteiger partial charge in [0.2, 0.25) is 5.91 Å². The largest absolute Gasteiger partial charge is 0.331 e. The van der Waals surface area contributed by atoms with Crippen molar-refractivity contribution in [2.45, 2.75) is 12.8 Å². The van der Waals surface area contributed by atoms with Gasteiger partial charge in [-0.15, -0.1) is 0 Å². The summed E-state index contributed by atoms with van der Waals surface area (Å²) in [5.41, 5.74) is 0.871. The number of pyridine rings is 1. The minimum atomic E-state index is -0.219. The number of carbonyl (C=O) groups is 2. The minimum Gasteiger partial charge on any atom is -0.331 e. The van der Waals surface area contributed by atoms with E-state index in [2.05, 4.69) is 15.4 Å². The molecular formula is C17H22N6O2. The number of hydrogen-bond acceptors (Lipinski definition) is 4. The molecule has 1 atom stereocenters. The number of carbonyl (C=O) groups excluding carboxylic acids is 2. The lowest BCUT2D eigenvalue weighted by Gasteiger charge is -2.33. The van der Waals surface area contributed by atoms with Crippen LogP contribution in [0.1, 0.15) is 12.8 Å². The molecule has 1 N–H and O–H groups in total. The normalized spacial score (nSPS) is 17.2. The number of likely N-dealkylation sites (tertiary alicyclic amines) is 1. The third-order valence-electron chi connectivity index (χ3n) is 4.21. The predicted octanol–water partition coefficient (Wildman–Crippen LogP) is 1.60.